The second-order valence-corrected chi connectivity index (χ2v) is 7.68. The third-order valence-electron chi connectivity index (χ3n) is 5.46. The highest BCUT2D eigenvalue weighted by atomic mass is 16.3. The molecule has 1 aliphatic rings. The van der Waals surface area contributed by atoms with Crippen molar-refractivity contribution in [3.8, 4) is 17.1 Å². The second kappa shape index (κ2) is 8.53. The van der Waals surface area contributed by atoms with E-state index in [9.17, 15) is 5.11 Å². The Kier molecular flexibility index (Phi) is 5.29. The Morgan fingerprint density at radius 3 is 2.45 bits per heavy atom. The molecule has 6 heteroatoms. The molecule has 0 bridgehead atoms. The molecular weight excluding hydrogens is 386 g/mol. The van der Waals surface area contributed by atoms with Crippen molar-refractivity contribution in [2.45, 2.75) is 19.5 Å². The van der Waals surface area contributed by atoms with Gasteiger partial charge in [-0.3, -0.25) is 9.88 Å². The summed E-state index contributed by atoms with van der Waals surface area (Å²) < 4.78 is 0. The lowest BCUT2D eigenvalue weighted by molar-refractivity contribution is 0.243. The quantitative estimate of drug-likeness (QED) is 0.471. The van der Waals surface area contributed by atoms with Gasteiger partial charge in [-0.15, -0.1) is 0 Å². The minimum Gasteiger partial charge on any atom is -0.508 e. The van der Waals surface area contributed by atoms with Crippen molar-refractivity contribution in [2.75, 3.05) is 11.9 Å². The van der Waals surface area contributed by atoms with Gasteiger partial charge in [0.05, 0.1) is 5.69 Å². The van der Waals surface area contributed by atoms with Gasteiger partial charge in [0.15, 0.2) is 5.82 Å². The molecule has 31 heavy (non-hydrogen) atoms. The monoisotopic (exact) mass is 409 g/mol. The van der Waals surface area contributed by atoms with Gasteiger partial charge >= 0.3 is 0 Å². The molecule has 0 fully saturated rings. The van der Waals surface area contributed by atoms with Crippen LogP contribution in [0.1, 0.15) is 16.8 Å². The molecule has 3 heterocycles. The molecule has 0 atom stereocenters. The molecule has 0 aliphatic carbocycles. The number of anilines is 2. The Morgan fingerprint density at radius 1 is 0.903 bits per heavy atom. The minimum absolute atomic E-state index is 0.238. The lowest BCUT2D eigenvalue weighted by atomic mass is 10.0. The molecule has 0 radical (unpaired) electrons. The summed E-state index contributed by atoms with van der Waals surface area (Å²) >= 11 is 0. The van der Waals surface area contributed by atoms with E-state index >= 15 is 0 Å². The van der Waals surface area contributed by atoms with Crippen molar-refractivity contribution in [2.24, 2.45) is 0 Å². The smallest absolute Gasteiger partial charge is 0.161 e. The van der Waals surface area contributed by atoms with Gasteiger partial charge in [0.25, 0.3) is 0 Å². The van der Waals surface area contributed by atoms with E-state index in [0.717, 1.165) is 54.4 Å². The van der Waals surface area contributed by atoms with Crippen molar-refractivity contribution in [1.82, 2.24) is 19.9 Å². The summed E-state index contributed by atoms with van der Waals surface area (Å²) in [7, 11) is 0. The zero-order chi connectivity index (χ0) is 21.0. The number of benzene rings is 2. The number of hydrogen-bond acceptors (Lipinski definition) is 6. The Hall–Kier alpha value is -3.77. The zero-order valence-corrected chi connectivity index (χ0v) is 17.1. The first-order valence-corrected chi connectivity index (χ1v) is 10.4. The molecule has 1 aliphatic heterocycles. The largest absolute Gasteiger partial charge is 0.508 e. The van der Waals surface area contributed by atoms with Crippen LogP contribution in [-0.2, 0) is 19.5 Å². The third-order valence-corrected chi connectivity index (χ3v) is 5.46. The average Bonchev–Trinajstić information content (AvgIpc) is 2.82. The van der Waals surface area contributed by atoms with E-state index in [1.807, 2.05) is 30.3 Å². The van der Waals surface area contributed by atoms with Crippen LogP contribution in [0.3, 0.4) is 0 Å². The van der Waals surface area contributed by atoms with Crippen molar-refractivity contribution in [3.05, 3.63) is 95.9 Å². The molecule has 5 rings (SSSR count). The number of nitrogens with one attached hydrogen (secondary N) is 1. The first-order valence-electron chi connectivity index (χ1n) is 10.4. The minimum atomic E-state index is 0.238. The maximum atomic E-state index is 9.62. The van der Waals surface area contributed by atoms with Crippen LogP contribution in [0.5, 0.6) is 5.75 Å². The molecule has 2 aromatic carbocycles. The molecule has 0 unspecified atom stereocenters. The van der Waals surface area contributed by atoms with Gasteiger partial charge in [-0.1, -0.05) is 30.3 Å². The summed E-state index contributed by atoms with van der Waals surface area (Å²) in [5.74, 6) is 1.74. The fourth-order valence-electron chi connectivity index (χ4n) is 3.86. The van der Waals surface area contributed by atoms with E-state index in [1.165, 1.54) is 5.56 Å². The number of aromatic hydroxyl groups is 1. The Morgan fingerprint density at radius 2 is 1.68 bits per heavy atom. The Bertz CT molecular complexity index is 1160. The number of pyridine rings is 1. The van der Waals surface area contributed by atoms with E-state index in [1.54, 1.807) is 24.5 Å². The number of nitrogens with zero attached hydrogens (tertiary/aromatic N) is 4. The van der Waals surface area contributed by atoms with Gasteiger partial charge in [-0.25, -0.2) is 9.97 Å². The SMILES string of the molecule is Oc1ccc(Nc2nc(-c3ccncc3)nc3c2CN(Cc2ccccc2)CC3)cc1. The average molecular weight is 409 g/mol. The van der Waals surface area contributed by atoms with Gasteiger partial charge in [0.1, 0.15) is 11.6 Å². The molecule has 0 saturated heterocycles. The summed E-state index contributed by atoms with van der Waals surface area (Å²) in [6, 6.07) is 21.4. The molecule has 154 valence electrons. The number of fused-ring (bicyclic) bond motifs is 1. The molecule has 2 aromatic heterocycles. The van der Waals surface area contributed by atoms with Crippen LogP contribution >= 0.6 is 0 Å². The predicted molar refractivity (Wildman–Crippen MR) is 121 cm³/mol. The van der Waals surface area contributed by atoms with E-state index in [2.05, 4.69) is 39.5 Å². The first-order chi connectivity index (χ1) is 15.2. The van der Waals surface area contributed by atoms with Crippen LogP contribution in [-0.4, -0.2) is 31.5 Å². The standard InChI is InChI=1S/C25H23N5O/c31-21-8-6-20(7-9-21)27-25-22-17-30(16-18-4-2-1-3-5-18)15-12-23(22)28-24(29-25)19-10-13-26-14-11-19/h1-11,13-14,31H,12,15-17H2,(H,27,28,29). The van der Waals surface area contributed by atoms with Gasteiger partial charge in [0, 0.05) is 55.3 Å². The van der Waals surface area contributed by atoms with E-state index in [-0.39, 0.29) is 5.75 Å². The number of phenolic OH excluding ortho intramolecular Hbond substituents is 1. The summed E-state index contributed by atoms with van der Waals surface area (Å²) in [4.78, 5) is 16.3. The fourth-order valence-corrected chi connectivity index (χ4v) is 3.86. The lowest BCUT2D eigenvalue weighted by Gasteiger charge is -2.30. The van der Waals surface area contributed by atoms with Crippen LogP contribution in [0.2, 0.25) is 0 Å². The molecule has 0 amide bonds. The highest BCUT2D eigenvalue weighted by Gasteiger charge is 2.23. The molecule has 2 N–H and O–H groups in total. The third kappa shape index (κ3) is 4.39. The normalized spacial score (nSPS) is 13.5. The molecule has 6 nitrogen and oxygen atoms in total. The summed E-state index contributed by atoms with van der Waals surface area (Å²) in [6.07, 6.45) is 4.38. The van der Waals surface area contributed by atoms with Gasteiger partial charge in [-0.2, -0.15) is 0 Å². The van der Waals surface area contributed by atoms with Gasteiger partial charge in [0.2, 0.25) is 0 Å². The maximum Gasteiger partial charge on any atom is 0.161 e. The second-order valence-electron chi connectivity index (χ2n) is 7.68. The highest BCUT2D eigenvalue weighted by Crippen LogP contribution is 2.30. The Balaban J connectivity index is 1.50. The number of phenols is 1. The maximum absolute atomic E-state index is 9.62. The number of rotatable bonds is 5. The van der Waals surface area contributed by atoms with E-state index < -0.39 is 0 Å². The van der Waals surface area contributed by atoms with Gasteiger partial charge in [-0.05, 0) is 42.0 Å². The zero-order valence-electron chi connectivity index (χ0n) is 17.1. The summed E-state index contributed by atoms with van der Waals surface area (Å²) in [6.45, 7) is 2.62. The summed E-state index contributed by atoms with van der Waals surface area (Å²) in [5.41, 5.74) is 5.31. The van der Waals surface area contributed by atoms with Gasteiger partial charge < -0.3 is 10.4 Å². The van der Waals surface area contributed by atoms with Crippen molar-refractivity contribution in [1.29, 1.82) is 0 Å². The number of aromatic nitrogens is 3. The first kappa shape index (κ1) is 19.2. The van der Waals surface area contributed by atoms with Crippen molar-refractivity contribution < 1.29 is 5.11 Å². The van der Waals surface area contributed by atoms with Crippen LogP contribution in [0.25, 0.3) is 11.4 Å². The summed E-state index contributed by atoms with van der Waals surface area (Å²) in [5, 5.41) is 13.1. The predicted octanol–water partition coefficient (Wildman–Crippen LogP) is 4.55. The van der Waals surface area contributed by atoms with E-state index in [4.69, 9.17) is 9.97 Å². The fraction of sp³-hybridized carbons (Fsp3) is 0.160. The van der Waals surface area contributed by atoms with Crippen LogP contribution in [0.4, 0.5) is 11.5 Å². The lowest BCUT2D eigenvalue weighted by Crippen LogP contribution is -2.31. The molecule has 0 spiro atoms. The number of hydrogen-bond donors (Lipinski definition) is 2. The van der Waals surface area contributed by atoms with Crippen LogP contribution < -0.4 is 5.32 Å². The van der Waals surface area contributed by atoms with Crippen LogP contribution in [0.15, 0.2) is 79.1 Å². The Labute approximate surface area is 181 Å². The van der Waals surface area contributed by atoms with Crippen LogP contribution in [0, 0.1) is 0 Å². The molecular formula is C25H23N5O. The van der Waals surface area contributed by atoms with E-state index in [0.29, 0.717) is 5.82 Å². The highest BCUT2D eigenvalue weighted by molar-refractivity contribution is 5.65. The van der Waals surface area contributed by atoms with Crippen molar-refractivity contribution >= 4 is 11.5 Å². The van der Waals surface area contributed by atoms with Crippen molar-refractivity contribution in [3.63, 3.8) is 0 Å². The topological polar surface area (TPSA) is 74.2 Å². The molecule has 4 aromatic rings. The molecule has 0 saturated carbocycles.